The number of amides is 1. The average Bonchev–Trinajstić information content (AvgIpc) is 2.71. The summed E-state index contributed by atoms with van der Waals surface area (Å²) in [5, 5.41) is 0. The van der Waals surface area contributed by atoms with Crippen LogP contribution in [0.5, 0.6) is 0 Å². The van der Waals surface area contributed by atoms with Gasteiger partial charge < -0.3 is 9.64 Å². The first kappa shape index (κ1) is 14.0. The van der Waals surface area contributed by atoms with Crippen LogP contribution < -0.4 is 0 Å². The summed E-state index contributed by atoms with van der Waals surface area (Å²) in [4.78, 5) is 25.3. The number of carbonyl (C=O) groups excluding carboxylic acids is 2. The Bertz CT molecular complexity index is 417. The van der Waals surface area contributed by atoms with E-state index in [9.17, 15) is 9.59 Å². The van der Waals surface area contributed by atoms with Crippen LogP contribution in [0.1, 0.15) is 23.5 Å². The molecule has 0 saturated carbocycles. The molecule has 0 unspecified atom stereocenters. The van der Waals surface area contributed by atoms with E-state index < -0.39 is 5.97 Å². The Morgan fingerprint density at radius 3 is 2.53 bits per heavy atom. The highest BCUT2D eigenvalue weighted by Gasteiger charge is 2.22. The molecule has 1 rings (SSSR count). The fraction of sp³-hybridized carbons (Fsp3) is 0.455. The molecule has 0 bridgehead atoms. The second kappa shape index (κ2) is 6.02. The number of hydrogen-bond acceptors (Lipinski definition) is 4. The van der Waals surface area contributed by atoms with Gasteiger partial charge in [0.25, 0.3) is 5.91 Å². The highest BCUT2D eigenvalue weighted by atomic mass is 35.5. The van der Waals surface area contributed by atoms with Crippen molar-refractivity contribution in [1.82, 2.24) is 4.90 Å². The zero-order valence-electron chi connectivity index (χ0n) is 9.90. The average molecular weight is 276 g/mol. The maximum Gasteiger partial charge on any atom is 0.325 e. The first-order chi connectivity index (χ1) is 7.95. The molecule has 1 amide bonds. The van der Waals surface area contributed by atoms with Gasteiger partial charge in [-0.25, -0.2) is 0 Å². The highest BCUT2D eigenvalue weighted by Crippen LogP contribution is 2.23. The predicted octanol–water partition coefficient (Wildman–Crippen LogP) is 2.43. The van der Waals surface area contributed by atoms with Gasteiger partial charge in [-0.2, -0.15) is 0 Å². The third-order valence-corrected chi connectivity index (χ3v) is 3.41. The van der Waals surface area contributed by atoms with Crippen molar-refractivity contribution < 1.29 is 14.3 Å². The van der Waals surface area contributed by atoms with Crippen molar-refractivity contribution in [2.45, 2.75) is 19.9 Å². The van der Waals surface area contributed by atoms with E-state index >= 15 is 0 Å². The summed E-state index contributed by atoms with van der Waals surface area (Å²) in [6.45, 7) is 3.63. The minimum Gasteiger partial charge on any atom is -0.468 e. The standard InChI is InChI=1S/C11H14ClNO3S/c1-7(2)13(6-10(14)16-3)11(15)8-4-5-9(12)17-8/h4-5,7H,6H2,1-3H3. The Balaban J connectivity index is 2.84. The van der Waals surface area contributed by atoms with Crippen LogP contribution in [0.25, 0.3) is 0 Å². The van der Waals surface area contributed by atoms with Crippen LogP contribution in [0.2, 0.25) is 4.34 Å². The van der Waals surface area contributed by atoms with Crippen molar-refractivity contribution in [3.8, 4) is 0 Å². The monoisotopic (exact) mass is 275 g/mol. The lowest BCUT2D eigenvalue weighted by atomic mass is 10.3. The molecule has 1 heterocycles. The topological polar surface area (TPSA) is 46.6 Å². The van der Waals surface area contributed by atoms with Gasteiger partial charge in [-0.3, -0.25) is 9.59 Å². The number of rotatable bonds is 4. The molecule has 0 aliphatic heterocycles. The fourth-order valence-electron chi connectivity index (χ4n) is 1.26. The van der Waals surface area contributed by atoms with Crippen LogP contribution in [0, 0.1) is 0 Å². The predicted molar refractivity (Wildman–Crippen MR) is 67.5 cm³/mol. The number of hydrogen-bond donors (Lipinski definition) is 0. The number of ether oxygens (including phenoxy) is 1. The molecule has 0 N–H and O–H groups in total. The minimum atomic E-state index is -0.435. The second-order valence-corrected chi connectivity index (χ2v) is 5.42. The number of methoxy groups -OCH3 is 1. The fourth-order valence-corrected chi connectivity index (χ4v) is 2.26. The number of carbonyl (C=O) groups is 2. The largest absolute Gasteiger partial charge is 0.468 e. The third-order valence-electron chi connectivity index (χ3n) is 2.20. The van der Waals surface area contributed by atoms with E-state index in [2.05, 4.69) is 4.74 Å². The molecule has 0 fully saturated rings. The maximum absolute atomic E-state index is 12.1. The van der Waals surface area contributed by atoms with Gasteiger partial charge >= 0.3 is 5.97 Å². The molecule has 0 aromatic carbocycles. The molecule has 17 heavy (non-hydrogen) atoms. The Morgan fingerprint density at radius 2 is 2.12 bits per heavy atom. The zero-order valence-corrected chi connectivity index (χ0v) is 11.5. The van der Waals surface area contributed by atoms with E-state index in [0.29, 0.717) is 9.21 Å². The lowest BCUT2D eigenvalue weighted by Crippen LogP contribution is -2.40. The highest BCUT2D eigenvalue weighted by molar-refractivity contribution is 7.17. The summed E-state index contributed by atoms with van der Waals surface area (Å²) in [7, 11) is 1.30. The van der Waals surface area contributed by atoms with Crippen LogP contribution in [0.3, 0.4) is 0 Å². The van der Waals surface area contributed by atoms with Gasteiger partial charge in [0.2, 0.25) is 0 Å². The van der Waals surface area contributed by atoms with E-state index in [1.54, 1.807) is 12.1 Å². The SMILES string of the molecule is COC(=O)CN(C(=O)c1ccc(Cl)s1)C(C)C. The van der Waals surface area contributed by atoms with E-state index in [1.165, 1.54) is 23.3 Å². The van der Waals surface area contributed by atoms with Crippen molar-refractivity contribution in [1.29, 1.82) is 0 Å². The van der Waals surface area contributed by atoms with E-state index in [1.807, 2.05) is 13.8 Å². The van der Waals surface area contributed by atoms with Crippen LogP contribution in [-0.4, -0.2) is 36.5 Å². The summed E-state index contributed by atoms with van der Waals surface area (Å²) >= 11 is 6.98. The normalized spacial score (nSPS) is 10.4. The van der Waals surface area contributed by atoms with Crippen molar-refractivity contribution in [3.05, 3.63) is 21.3 Å². The molecule has 0 atom stereocenters. The van der Waals surface area contributed by atoms with Crippen LogP contribution >= 0.6 is 22.9 Å². The number of esters is 1. The van der Waals surface area contributed by atoms with Gasteiger partial charge in [-0.15, -0.1) is 11.3 Å². The summed E-state index contributed by atoms with van der Waals surface area (Å²) in [5.41, 5.74) is 0. The third kappa shape index (κ3) is 3.71. The van der Waals surface area contributed by atoms with E-state index in [4.69, 9.17) is 11.6 Å². The zero-order chi connectivity index (χ0) is 13.0. The van der Waals surface area contributed by atoms with Crippen LogP contribution in [0.15, 0.2) is 12.1 Å². The number of halogens is 1. The van der Waals surface area contributed by atoms with Gasteiger partial charge in [-0.05, 0) is 26.0 Å². The van der Waals surface area contributed by atoms with Crippen molar-refractivity contribution in [3.63, 3.8) is 0 Å². The molecular weight excluding hydrogens is 262 g/mol. The molecule has 4 nitrogen and oxygen atoms in total. The molecule has 0 radical (unpaired) electrons. The second-order valence-electron chi connectivity index (χ2n) is 3.71. The minimum absolute atomic E-state index is 0.0531. The molecule has 6 heteroatoms. The smallest absolute Gasteiger partial charge is 0.325 e. The summed E-state index contributed by atoms with van der Waals surface area (Å²) < 4.78 is 5.12. The van der Waals surface area contributed by atoms with E-state index in [0.717, 1.165) is 0 Å². The lowest BCUT2D eigenvalue weighted by Gasteiger charge is -2.24. The Hall–Kier alpha value is -1.07. The molecule has 1 aromatic rings. The van der Waals surface area contributed by atoms with Gasteiger partial charge in [0.05, 0.1) is 16.3 Å². The Labute approximate surface area is 109 Å². The van der Waals surface area contributed by atoms with Gasteiger partial charge in [0, 0.05) is 6.04 Å². The summed E-state index contributed by atoms with van der Waals surface area (Å²) in [6, 6.07) is 3.24. The maximum atomic E-state index is 12.1. The molecule has 94 valence electrons. The molecule has 1 aromatic heterocycles. The van der Waals surface area contributed by atoms with Crippen molar-refractivity contribution >= 4 is 34.8 Å². The lowest BCUT2D eigenvalue weighted by molar-refractivity contribution is -0.141. The van der Waals surface area contributed by atoms with Crippen LogP contribution in [-0.2, 0) is 9.53 Å². The number of thiophene rings is 1. The summed E-state index contributed by atoms with van der Waals surface area (Å²) in [6.07, 6.45) is 0. The van der Waals surface area contributed by atoms with Gasteiger partial charge in [0.15, 0.2) is 0 Å². The molecule has 0 aliphatic carbocycles. The molecule has 0 saturated heterocycles. The number of nitrogens with zero attached hydrogens (tertiary/aromatic N) is 1. The van der Waals surface area contributed by atoms with Crippen LogP contribution in [0.4, 0.5) is 0 Å². The Morgan fingerprint density at radius 1 is 1.47 bits per heavy atom. The molecule has 0 spiro atoms. The van der Waals surface area contributed by atoms with Gasteiger partial charge in [-0.1, -0.05) is 11.6 Å². The molecule has 0 aliphatic rings. The molecular formula is C11H14ClNO3S. The first-order valence-corrected chi connectivity index (χ1v) is 6.28. The summed E-state index contributed by atoms with van der Waals surface area (Å²) in [5.74, 6) is -0.642. The van der Waals surface area contributed by atoms with Crippen molar-refractivity contribution in [2.75, 3.05) is 13.7 Å². The van der Waals surface area contributed by atoms with E-state index in [-0.39, 0.29) is 18.5 Å². The quantitative estimate of drug-likeness (QED) is 0.793. The van der Waals surface area contributed by atoms with Gasteiger partial charge in [0.1, 0.15) is 6.54 Å². The van der Waals surface area contributed by atoms with Crippen molar-refractivity contribution in [2.24, 2.45) is 0 Å². The Kier molecular flexibility index (Phi) is 4.96. The first-order valence-electron chi connectivity index (χ1n) is 5.08.